The van der Waals surface area contributed by atoms with Crippen molar-refractivity contribution in [2.45, 2.75) is 52.7 Å². The minimum absolute atomic E-state index is 0.0344. The third kappa shape index (κ3) is 5.73. The van der Waals surface area contributed by atoms with Gasteiger partial charge in [0.25, 0.3) is 5.56 Å². The molecule has 0 saturated carbocycles. The zero-order valence-electron chi connectivity index (χ0n) is 20.7. The third-order valence-electron chi connectivity index (χ3n) is 5.98. The molecule has 35 heavy (non-hydrogen) atoms. The van der Waals surface area contributed by atoms with E-state index in [4.69, 9.17) is 4.74 Å². The van der Waals surface area contributed by atoms with Crippen LogP contribution in [-0.4, -0.2) is 63.1 Å². The number of carbonyl (C=O) groups is 2. The Morgan fingerprint density at radius 3 is 2.46 bits per heavy atom. The van der Waals surface area contributed by atoms with Gasteiger partial charge in [0.15, 0.2) is 0 Å². The van der Waals surface area contributed by atoms with E-state index in [0.717, 1.165) is 16.0 Å². The molecule has 2 amide bonds. The van der Waals surface area contributed by atoms with Crippen molar-refractivity contribution in [3.8, 4) is 11.1 Å². The number of hydrogen-bond donors (Lipinski definition) is 0. The van der Waals surface area contributed by atoms with Crippen molar-refractivity contribution in [1.29, 1.82) is 0 Å². The first kappa shape index (κ1) is 24.9. The lowest BCUT2D eigenvalue weighted by Gasteiger charge is -2.26. The SMILES string of the molecule is Cc1sc2ncn(CCC(=O)N3CCCN(C(=O)OC(C)(C)C)CC3)c(=O)c2c1-c1ccccc1. The Kier molecular flexibility index (Phi) is 7.25. The van der Waals surface area contributed by atoms with Crippen LogP contribution in [0.15, 0.2) is 41.5 Å². The highest BCUT2D eigenvalue weighted by molar-refractivity contribution is 7.19. The molecular formula is C26H32N4O4S. The van der Waals surface area contributed by atoms with E-state index >= 15 is 0 Å². The molecule has 9 heteroatoms. The van der Waals surface area contributed by atoms with Gasteiger partial charge in [-0.3, -0.25) is 14.2 Å². The molecule has 0 N–H and O–H groups in total. The zero-order chi connectivity index (χ0) is 25.2. The Morgan fingerprint density at radius 1 is 1.06 bits per heavy atom. The van der Waals surface area contributed by atoms with Crippen molar-refractivity contribution in [2.75, 3.05) is 26.2 Å². The van der Waals surface area contributed by atoms with E-state index in [1.165, 1.54) is 22.2 Å². The number of rotatable bonds is 4. The molecule has 0 spiro atoms. The maximum absolute atomic E-state index is 13.4. The Labute approximate surface area is 209 Å². The molecule has 3 heterocycles. The van der Waals surface area contributed by atoms with Crippen LogP contribution in [0.25, 0.3) is 21.3 Å². The van der Waals surface area contributed by atoms with Crippen molar-refractivity contribution in [3.63, 3.8) is 0 Å². The first-order chi connectivity index (χ1) is 16.6. The monoisotopic (exact) mass is 496 g/mol. The molecule has 1 aliphatic rings. The summed E-state index contributed by atoms with van der Waals surface area (Å²) >= 11 is 1.51. The van der Waals surface area contributed by atoms with E-state index in [2.05, 4.69) is 4.98 Å². The predicted octanol–water partition coefficient (Wildman–Crippen LogP) is 4.29. The van der Waals surface area contributed by atoms with Crippen LogP contribution in [0, 0.1) is 6.92 Å². The Bertz CT molecular complexity index is 1280. The van der Waals surface area contributed by atoms with Crippen molar-refractivity contribution in [1.82, 2.24) is 19.4 Å². The van der Waals surface area contributed by atoms with Gasteiger partial charge in [-0.15, -0.1) is 11.3 Å². The molecule has 8 nitrogen and oxygen atoms in total. The molecule has 4 rings (SSSR count). The van der Waals surface area contributed by atoms with Gasteiger partial charge in [-0.1, -0.05) is 30.3 Å². The van der Waals surface area contributed by atoms with Crippen LogP contribution < -0.4 is 5.56 Å². The molecule has 0 atom stereocenters. The number of thiophene rings is 1. The average Bonchev–Trinajstić information content (AvgIpc) is 2.97. The summed E-state index contributed by atoms with van der Waals surface area (Å²) in [6.45, 7) is 9.80. The lowest BCUT2D eigenvalue weighted by Crippen LogP contribution is -2.40. The number of aromatic nitrogens is 2. The van der Waals surface area contributed by atoms with Crippen LogP contribution in [0.5, 0.6) is 0 Å². The van der Waals surface area contributed by atoms with Crippen LogP contribution in [0.1, 0.15) is 38.5 Å². The molecule has 0 unspecified atom stereocenters. The standard InChI is InChI=1S/C26H32N4O4S/c1-18-21(19-9-6-5-7-10-19)22-23(35-18)27-17-30(24(22)32)14-11-20(31)28-12-8-13-29(16-15-28)25(33)34-26(2,3)4/h5-7,9-10,17H,8,11-16H2,1-4H3. The van der Waals surface area contributed by atoms with Gasteiger partial charge in [-0.05, 0) is 39.7 Å². The summed E-state index contributed by atoms with van der Waals surface area (Å²) in [5.41, 5.74) is 1.22. The van der Waals surface area contributed by atoms with E-state index in [0.29, 0.717) is 42.8 Å². The van der Waals surface area contributed by atoms with Gasteiger partial charge in [0.1, 0.15) is 10.4 Å². The smallest absolute Gasteiger partial charge is 0.410 e. The number of amides is 2. The highest BCUT2D eigenvalue weighted by atomic mass is 32.1. The van der Waals surface area contributed by atoms with Crippen LogP contribution >= 0.6 is 11.3 Å². The number of hydrogen-bond acceptors (Lipinski definition) is 6. The molecule has 1 saturated heterocycles. The average molecular weight is 497 g/mol. The molecule has 2 aromatic heterocycles. The molecule has 3 aromatic rings. The minimum atomic E-state index is -0.553. The van der Waals surface area contributed by atoms with Crippen molar-refractivity contribution in [3.05, 3.63) is 51.9 Å². The summed E-state index contributed by atoms with van der Waals surface area (Å²) in [4.78, 5) is 48.4. The van der Waals surface area contributed by atoms with Gasteiger partial charge < -0.3 is 14.5 Å². The van der Waals surface area contributed by atoms with Gasteiger partial charge in [0.2, 0.25) is 5.91 Å². The fraction of sp³-hybridized carbons (Fsp3) is 0.462. The third-order valence-corrected chi connectivity index (χ3v) is 7.00. The first-order valence-corrected chi connectivity index (χ1v) is 12.8. The highest BCUT2D eigenvalue weighted by Gasteiger charge is 2.26. The topological polar surface area (TPSA) is 84.7 Å². The van der Waals surface area contributed by atoms with Crippen LogP contribution in [-0.2, 0) is 16.1 Å². The van der Waals surface area contributed by atoms with Crippen molar-refractivity contribution in [2.24, 2.45) is 0 Å². The largest absolute Gasteiger partial charge is 0.444 e. The quantitative estimate of drug-likeness (QED) is 0.538. The summed E-state index contributed by atoms with van der Waals surface area (Å²) in [7, 11) is 0. The minimum Gasteiger partial charge on any atom is -0.444 e. The maximum atomic E-state index is 13.4. The fourth-order valence-corrected chi connectivity index (χ4v) is 5.30. The van der Waals surface area contributed by atoms with Crippen LogP contribution in [0.2, 0.25) is 0 Å². The van der Waals surface area contributed by atoms with Gasteiger partial charge in [-0.2, -0.15) is 0 Å². The number of fused-ring (bicyclic) bond motifs is 1. The summed E-state index contributed by atoms with van der Waals surface area (Å²) in [6.07, 6.45) is 2.07. The Hall–Kier alpha value is -3.20. The molecule has 1 aromatic carbocycles. The number of carbonyl (C=O) groups excluding carboxylic acids is 2. The second-order valence-corrected chi connectivity index (χ2v) is 11.0. The second kappa shape index (κ2) is 10.2. The van der Waals surface area contributed by atoms with Crippen molar-refractivity contribution < 1.29 is 14.3 Å². The van der Waals surface area contributed by atoms with Crippen molar-refractivity contribution >= 4 is 33.6 Å². The lowest BCUT2D eigenvalue weighted by atomic mass is 10.0. The van der Waals surface area contributed by atoms with Crippen LogP contribution in [0.4, 0.5) is 4.79 Å². The van der Waals surface area contributed by atoms with Crippen LogP contribution in [0.3, 0.4) is 0 Å². The molecule has 0 radical (unpaired) electrons. The Balaban J connectivity index is 1.44. The van der Waals surface area contributed by atoms with E-state index < -0.39 is 5.60 Å². The molecule has 1 fully saturated rings. The summed E-state index contributed by atoms with van der Waals surface area (Å²) < 4.78 is 7.00. The normalized spacial score (nSPS) is 14.7. The second-order valence-electron chi connectivity index (χ2n) is 9.77. The lowest BCUT2D eigenvalue weighted by molar-refractivity contribution is -0.131. The molecule has 0 aliphatic carbocycles. The van der Waals surface area contributed by atoms with E-state index in [9.17, 15) is 14.4 Å². The van der Waals surface area contributed by atoms with Gasteiger partial charge >= 0.3 is 6.09 Å². The zero-order valence-corrected chi connectivity index (χ0v) is 21.6. The number of benzene rings is 1. The molecule has 1 aliphatic heterocycles. The molecule has 0 bridgehead atoms. The number of aryl methyl sites for hydroxylation is 2. The number of nitrogens with zero attached hydrogens (tertiary/aromatic N) is 4. The summed E-state index contributed by atoms with van der Waals surface area (Å²) in [5, 5.41) is 0.608. The Morgan fingerprint density at radius 2 is 1.74 bits per heavy atom. The molecule has 186 valence electrons. The number of ether oxygens (including phenoxy) is 1. The van der Waals surface area contributed by atoms with Gasteiger partial charge in [0, 0.05) is 49.6 Å². The summed E-state index contributed by atoms with van der Waals surface area (Å²) in [5.74, 6) is -0.0344. The van der Waals surface area contributed by atoms with E-state index in [1.54, 1.807) is 9.80 Å². The highest BCUT2D eigenvalue weighted by Crippen LogP contribution is 2.35. The predicted molar refractivity (Wildman–Crippen MR) is 138 cm³/mol. The first-order valence-electron chi connectivity index (χ1n) is 11.9. The van der Waals surface area contributed by atoms with Gasteiger partial charge in [-0.25, -0.2) is 9.78 Å². The van der Waals surface area contributed by atoms with E-state index in [1.807, 2.05) is 58.0 Å². The van der Waals surface area contributed by atoms with E-state index in [-0.39, 0.29) is 30.5 Å². The fourth-order valence-electron chi connectivity index (χ4n) is 4.30. The van der Waals surface area contributed by atoms with Gasteiger partial charge in [0.05, 0.1) is 11.7 Å². The molecular weight excluding hydrogens is 464 g/mol. The maximum Gasteiger partial charge on any atom is 0.410 e. The summed E-state index contributed by atoms with van der Waals surface area (Å²) in [6, 6.07) is 9.85.